The van der Waals surface area contributed by atoms with Crippen LogP contribution in [-0.2, 0) is 0 Å². The first-order valence-electron chi connectivity index (χ1n) is 6.56. The minimum absolute atomic E-state index is 0.188. The van der Waals surface area contributed by atoms with Crippen LogP contribution in [0.4, 0.5) is 5.82 Å². The fourth-order valence-electron chi connectivity index (χ4n) is 2.77. The van der Waals surface area contributed by atoms with Crippen LogP contribution in [0.3, 0.4) is 0 Å². The summed E-state index contributed by atoms with van der Waals surface area (Å²) in [7, 11) is 0. The van der Waals surface area contributed by atoms with Crippen LogP contribution in [0, 0.1) is 11.8 Å². The predicted octanol–water partition coefficient (Wildman–Crippen LogP) is 3.30. The van der Waals surface area contributed by atoms with Gasteiger partial charge < -0.3 is 10.0 Å². The molecule has 2 heterocycles. The highest BCUT2D eigenvalue weighted by Gasteiger charge is 2.30. The number of hydrogen-bond donors (Lipinski definition) is 1. The van der Waals surface area contributed by atoms with Crippen LogP contribution in [0.25, 0.3) is 0 Å². The lowest BCUT2D eigenvalue weighted by Crippen LogP contribution is -2.46. The molecule has 4 nitrogen and oxygen atoms in total. The van der Waals surface area contributed by atoms with Crippen molar-refractivity contribution < 1.29 is 9.90 Å². The molecular formula is C14H19ClN2O2. The third-order valence-electron chi connectivity index (χ3n) is 3.92. The van der Waals surface area contributed by atoms with Gasteiger partial charge in [-0.05, 0) is 37.3 Å². The molecule has 19 heavy (non-hydrogen) atoms. The van der Waals surface area contributed by atoms with Gasteiger partial charge in [-0.3, -0.25) is 0 Å². The number of carboxylic acid groups (broad SMARTS) is 1. The zero-order chi connectivity index (χ0) is 14.2. The Morgan fingerprint density at radius 1 is 1.42 bits per heavy atom. The number of piperidine rings is 1. The summed E-state index contributed by atoms with van der Waals surface area (Å²) in [6.07, 6.45) is 1.18. The van der Waals surface area contributed by atoms with Crippen molar-refractivity contribution in [1.29, 1.82) is 0 Å². The molecule has 1 aliphatic heterocycles. The monoisotopic (exact) mass is 282 g/mol. The Hall–Kier alpha value is -1.29. The topological polar surface area (TPSA) is 53.4 Å². The molecule has 3 unspecified atom stereocenters. The summed E-state index contributed by atoms with van der Waals surface area (Å²) in [6, 6.07) is 3.33. The first-order valence-corrected chi connectivity index (χ1v) is 6.93. The number of aromatic carboxylic acids is 1. The molecule has 1 aliphatic rings. The van der Waals surface area contributed by atoms with Crippen molar-refractivity contribution in [3.63, 3.8) is 0 Å². The number of aromatic nitrogens is 1. The van der Waals surface area contributed by atoms with E-state index in [1.54, 1.807) is 6.07 Å². The standard InChI is InChI=1S/C14H19ClN2O2/c1-8-4-9(2)10(3)17(7-8)13-6-11(14(18)19)5-12(15)16-13/h5-6,8-10H,4,7H2,1-3H3,(H,18,19). The maximum absolute atomic E-state index is 11.1. The Morgan fingerprint density at radius 3 is 2.74 bits per heavy atom. The van der Waals surface area contributed by atoms with Crippen molar-refractivity contribution in [1.82, 2.24) is 4.98 Å². The molecule has 0 aromatic carbocycles. The van der Waals surface area contributed by atoms with Crippen molar-refractivity contribution >= 4 is 23.4 Å². The fourth-order valence-corrected chi connectivity index (χ4v) is 2.98. The second kappa shape index (κ2) is 5.37. The third kappa shape index (κ3) is 3.00. The lowest BCUT2D eigenvalue weighted by molar-refractivity contribution is 0.0696. The number of anilines is 1. The van der Waals surface area contributed by atoms with Gasteiger partial charge in [0.2, 0.25) is 0 Å². The molecule has 1 aromatic heterocycles. The number of rotatable bonds is 2. The van der Waals surface area contributed by atoms with Crippen LogP contribution in [-0.4, -0.2) is 28.6 Å². The molecule has 0 radical (unpaired) electrons. The third-order valence-corrected chi connectivity index (χ3v) is 4.11. The molecule has 0 saturated carbocycles. The molecule has 0 bridgehead atoms. The van der Waals surface area contributed by atoms with Gasteiger partial charge in [-0.25, -0.2) is 9.78 Å². The average molecular weight is 283 g/mol. The maximum atomic E-state index is 11.1. The fraction of sp³-hybridized carbons (Fsp3) is 0.571. The summed E-state index contributed by atoms with van der Waals surface area (Å²) in [4.78, 5) is 17.5. The predicted molar refractivity (Wildman–Crippen MR) is 76.0 cm³/mol. The van der Waals surface area contributed by atoms with Gasteiger partial charge in [0.05, 0.1) is 5.56 Å². The van der Waals surface area contributed by atoms with Crippen LogP contribution >= 0.6 is 11.6 Å². The summed E-state index contributed by atoms with van der Waals surface area (Å²) in [5, 5.41) is 9.33. The number of carboxylic acids is 1. The van der Waals surface area contributed by atoms with Gasteiger partial charge in [0.25, 0.3) is 0 Å². The molecule has 0 amide bonds. The van der Waals surface area contributed by atoms with E-state index in [4.69, 9.17) is 16.7 Å². The normalized spacial score (nSPS) is 27.4. The van der Waals surface area contributed by atoms with E-state index in [-0.39, 0.29) is 10.7 Å². The molecule has 0 aliphatic carbocycles. The van der Waals surface area contributed by atoms with E-state index in [0.717, 1.165) is 6.54 Å². The maximum Gasteiger partial charge on any atom is 0.335 e. The minimum atomic E-state index is -0.976. The number of nitrogens with zero attached hydrogens (tertiary/aromatic N) is 2. The second-order valence-corrected chi connectivity index (χ2v) is 5.94. The Bertz CT molecular complexity index is 492. The van der Waals surface area contributed by atoms with Crippen molar-refractivity contribution in [2.24, 2.45) is 11.8 Å². The molecule has 1 saturated heterocycles. The molecule has 2 rings (SSSR count). The number of pyridine rings is 1. The molecule has 1 N–H and O–H groups in total. The van der Waals surface area contributed by atoms with Crippen molar-refractivity contribution in [2.75, 3.05) is 11.4 Å². The summed E-state index contributed by atoms with van der Waals surface area (Å²) >= 11 is 5.93. The highest BCUT2D eigenvalue weighted by molar-refractivity contribution is 6.29. The zero-order valence-electron chi connectivity index (χ0n) is 11.4. The molecule has 104 valence electrons. The smallest absolute Gasteiger partial charge is 0.335 e. The van der Waals surface area contributed by atoms with Gasteiger partial charge in [0.1, 0.15) is 11.0 Å². The summed E-state index contributed by atoms with van der Waals surface area (Å²) in [5.41, 5.74) is 0.188. The van der Waals surface area contributed by atoms with E-state index in [9.17, 15) is 4.79 Å². The average Bonchev–Trinajstić information content (AvgIpc) is 2.32. The highest BCUT2D eigenvalue weighted by Crippen LogP contribution is 2.31. The van der Waals surface area contributed by atoms with E-state index >= 15 is 0 Å². The molecule has 1 aromatic rings. The SMILES string of the molecule is CC1CC(C)C(C)N(c2cc(C(=O)O)cc(Cl)n2)C1. The van der Waals surface area contributed by atoms with Gasteiger partial charge in [0, 0.05) is 12.6 Å². The molecular weight excluding hydrogens is 264 g/mol. The van der Waals surface area contributed by atoms with Crippen LogP contribution in [0.1, 0.15) is 37.6 Å². The van der Waals surface area contributed by atoms with Crippen LogP contribution in [0.2, 0.25) is 5.15 Å². The van der Waals surface area contributed by atoms with Gasteiger partial charge in [-0.2, -0.15) is 0 Å². The van der Waals surface area contributed by atoms with Crippen LogP contribution < -0.4 is 4.90 Å². The lowest BCUT2D eigenvalue weighted by atomic mass is 9.86. The van der Waals surface area contributed by atoms with Gasteiger partial charge in [0.15, 0.2) is 0 Å². The Labute approximate surface area is 118 Å². The highest BCUT2D eigenvalue weighted by atomic mass is 35.5. The van der Waals surface area contributed by atoms with Gasteiger partial charge >= 0.3 is 5.97 Å². The molecule has 1 fully saturated rings. The summed E-state index contributed by atoms with van der Waals surface area (Å²) < 4.78 is 0. The molecule has 5 heteroatoms. The first kappa shape index (κ1) is 14.1. The second-order valence-electron chi connectivity index (χ2n) is 5.55. The lowest BCUT2D eigenvalue weighted by Gasteiger charge is -2.42. The molecule has 0 spiro atoms. The van der Waals surface area contributed by atoms with E-state index in [2.05, 4.69) is 30.7 Å². The molecule has 3 atom stereocenters. The summed E-state index contributed by atoms with van der Waals surface area (Å²) in [6.45, 7) is 7.46. The number of halogens is 1. The Balaban J connectivity index is 2.37. The zero-order valence-corrected chi connectivity index (χ0v) is 12.2. The van der Waals surface area contributed by atoms with Crippen LogP contribution in [0.5, 0.6) is 0 Å². The summed E-state index contributed by atoms with van der Waals surface area (Å²) in [5.74, 6) is 0.810. The van der Waals surface area contributed by atoms with Crippen molar-refractivity contribution in [2.45, 2.75) is 33.2 Å². The quantitative estimate of drug-likeness (QED) is 0.846. The van der Waals surface area contributed by atoms with E-state index in [1.165, 1.54) is 12.5 Å². The van der Waals surface area contributed by atoms with Gasteiger partial charge in [-0.1, -0.05) is 25.4 Å². The Morgan fingerprint density at radius 2 is 2.11 bits per heavy atom. The van der Waals surface area contributed by atoms with E-state index < -0.39 is 5.97 Å². The van der Waals surface area contributed by atoms with E-state index in [0.29, 0.717) is 23.7 Å². The largest absolute Gasteiger partial charge is 0.478 e. The van der Waals surface area contributed by atoms with Crippen molar-refractivity contribution in [3.8, 4) is 0 Å². The van der Waals surface area contributed by atoms with Crippen molar-refractivity contribution in [3.05, 3.63) is 22.8 Å². The first-order chi connectivity index (χ1) is 8.88. The number of carbonyl (C=O) groups is 1. The van der Waals surface area contributed by atoms with Gasteiger partial charge in [-0.15, -0.1) is 0 Å². The van der Waals surface area contributed by atoms with Crippen LogP contribution in [0.15, 0.2) is 12.1 Å². The number of hydrogen-bond acceptors (Lipinski definition) is 3. The van der Waals surface area contributed by atoms with E-state index in [1.807, 2.05) is 0 Å². The Kier molecular flexibility index (Phi) is 3.99. The minimum Gasteiger partial charge on any atom is -0.478 e.